The van der Waals surface area contributed by atoms with Gasteiger partial charge in [0.15, 0.2) is 11.5 Å². The Bertz CT molecular complexity index is 969. The molecule has 0 saturated carbocycles. The van der Waals surface area contributed by atoms with Crippen LogP contribution in [0.4, 0.5) is 5.69 Å². The predicted octanol–water partition coefficient (Wildman–Crippen LogP) is 2.46. The Morgan fingerprint density at radius 2 is 1.68 bits per heavy atom. The molecule has 2 aliphatic heterocycles. The minimum absolute atomic E-state index is 0.163. The molecule has 2 heterocycles. The fraction of sp³-hybridized carbons (Fsp3) is 0.417. The number of hydrogen-bond donors (Lipinski definition) is 0. The molecule has 7 heteroatoms. The molecule has 164 valence electrons. The quantitative estimate of drug-likeness (QED) is 0.666. The van der Waals surface area contributed by atoms with Gasteiger partial charge >= 0.3 is 0 Å². The topological polar surface area (TPSA) is 62.3 Å². The first-order valence-electron chi connectivity index (χ1n) is 10.6. The van der Waals surface area contributed by atoms with E-state index in [0.717, 1.165) is 32.7 Å². The highest BCUT2D eigenvalue weighted by molar-refractivity contribution is 6.22. The summed E-state index contributed by atoms with van der Waals surface area (Å²) in [6, 6.07) is 13.3. The Labute approximate surface area is 183 Å². The molecule has 7 nitrogen and oxygen atoms in total. The molecule has 0 aromatic heterocycles. The van der Waals surface area contributed by atoms with Crippen LogP contribution in [-0.2, 0) is 16.1 Å². The molecular formula is C24H29N3O4. The normalized spacial score (nSPS) is 20.4. The third-order valence-electron chi connectivity index (χ3n) is 6.08. The summed E-state index contributed by atoms with van der Waals surface area (Å²) in [4.78, 5) is 31.7. The lowest BCUT2D eigenvalue weighted by atomic mass is 10.1. The van der Waals surface area contributed by atoms with Crippen molar-refractivity contribution < 1.29 is 19.1 Å². The molecule has 0 radical (unpaired) electrons. The molecule has 31 heavy (non-hydrogen) atoms. The van der Waals surface area contributed by atoms with Crippen LogP contribution in [0.15, 0.2) is 42.5 Å². The second-order valence-corrected chi connectivity index (χ2v) is 8.13. The molecule has 0 N–H and O–H groups in total. The van der Waals surface area contributed by atoms with Crippen molar-refractivity contribution in [3.63, 3.8) is 0 Å². The van der Waals surface area contributed by atoms with Gasteiger partial charge in [0.05, 0.1) is 32.4 Å². The van der Waals surface area contributed by atoms with Gasteiger partial charge in [-0.1, -0.05) is 29.8 Å². The standard InChI is InChI=1S/C24H29N3O4/c1-17-5-4-6-18(13-17)16-25-9-11-26(12-10-25)20-15-23(28)27(24(20)29)19-7-8-21(30-2)22(14-19)31-3/h4-8,13-14,20H,9-12,15-16H2,1-3H3/t20-/m0/s1. The molecule has 0 aliphatic carbocycles. The summed E-state index contributed by atoms with van der Waals surface area (Å²) in [5.41, 5.74) is 3.09. The Morgan fingerprint density at radius 3 is 2.35 bits per heavy atom. The highest BCUT2D eigenvalue weighted by Crippen LogP contribution is 2.34. The average Bonchev–Trinajstić information content (AvgIpc) is 3.07. The van der Waals surface area contributed by atoms with Crippen molar-refractivity contribution in [3.8, 4) is 11.5 Å². The van der Waals surface area contributed by atoms with E-state index in [9.17, 15) is 9.59 Å². The number of nitrogens with zero attached hydrogens (tertiary/aromatic N) is 3. The van der Waals surface area contributed by atoms with Gasteiger partial charge in [-0.2, -0.15) is 0 Å². The van der Waals surface area contributed by atoms with Crippen molar-refractivity contribution in [1.29, 1.82) is 0 Å². The number of rotatable bonds is 6. The van der Waals surface area contributed by atoms with Crippen LogP contribution in [-0.4, -0.2) is 68.1 Å². The number of hydrogen-bond acceptors (Lipinski definition) is 6. The first-order chi connectivity index (χ1) is 15.0. The number of methoxy groups -OCH3 is 2. The highest BCUT2D eigenvalue weighted by Gasteiger charge is 2.43. The molecule has 2 aliphatic rings. The minimum atomic E-state index is -0.401. The Kier molecular flexibility index (Phi) is 6.25. The zero-order chi connectivity index (χ0) is 22.0. The van der Waals surface area contributed by atoms with Crippen molar-refractivity contribution >= 4 is 17.5 Å². The third kappa shape index (κ3) is 4.43. The number of carbonyl (C=O) groups is 2. The molecule has 2 aromatic carbocycles. The monoisotopic (exact) mass is 423 g/mol. The summed E-state index contributed by atoms with van der Waals surface area (Å²) in [6.45, 7) is 6.31. The van der Waals surface area contributed by atoms with Gasteiger partial charge in [-0.15, -0.1) is 0 Å². The number of imide groups is 1. The van der Waals surface area contributed by atoms with E-state index in [4.69, 9.17) is 9.47 Å². The Balaban J connectivity index is 1.40. The summed E-state index contributed by atoms with van der Waals surface area (Å²) in [6.07, 6.45) is 0.213. The molecule has 0 bridgehead atoms. The summed E-state index contributed by atoms with van der Waals surface area (Å²) in [7, 11) is 3.09. The Hall–Kier alpha value is -2.90. The van der Waals surface area contributed by atoms with Gasteiger partial charge in [0.25, 0.3) is 5.91 Å². The SMILES string of the molecule is COc1ccc(N2C(=O)C[C@H](N3CCN(Cc4cccc(C)c4)CC3)C2=O)cc1OC. The number of ether oxygens (including phenoxy) is 2. The fourth-order valence-electron chi connectivity index (χ4n) is 4.44. The summed E-state index contributed by atoms with van der Waals surface area (Å²) in [5, 5.41) is 0. The van der Waals surface area contributed by atoms with Gasteiger partial charge in [0, 0.05) is 38.8 Å². The van der Waals surface area contributed by atoms with Gasteiger partial charge in [-0.25, -0.2) is 4.90 Å². The van der Waals surface area contributed by atoms with E-state index in [1.807, 2.05) is 0 Å². The van der Waals surface area contributed by atoms with Gasteiger partial charge in [-0.3, -0.25) is 19.4 Å². The maximum Gasteiger partial charge on any atom is 0.251 e. The van der Waals surface area contributed by atoms with Crippen LogP contribution in [0.1, 0.15) is 17.5 Å². The molecule has 1 atom stereocenters. The minimum Gasteiger partial charge on any atom is -0.493 e. The molecule has 4 rings (SSSR count). The third-order valence-corrected chi connectivity index (χ3v) is 6.08. The predicted molar refractivity (Wildman–Crippen MR) is 118 cm³/mol. The van der Waals surface area contributed by atoms with Crippen molar-refractivity contribution in [2.75, 3.05) is 45.3 Å². The Morgan fingerprint density at radius 1 is 0.935 bits per heavy atom. The van der Waals surface area contributed by atoms with Crippen LogP contribution in [0.25, 0.3) is 0 Å². The van der Waals surface area contributed by atoms with Crippen LogP contribution in [0.3, 0.4) is 0 Å². The van der Waals surface area contributed by atoms with Crippen molar-refractivity contribution in [2.45, 2.75) is 25.9 Å². The number of carbonyl (C=O) groups excluding carboxylic acids is 2. The van der Waals surface area contributed by atoms with E-state index in [1.165, 1.54) is 23.1 Å². The van der Waals surface area contributed by atoms with E-state index >= 15 is 0 Å². The van der Waals surface area contributed by atoms with E-state index in [1.54, 1.807) is 25.3 Å². The van der Waals surface area contributed by atoms with Crippen LogP contribution in [0, 0.1) is 6.92 Å². The first kappa shape index (κ1) is 21.3. The van der Waals surface area contributed by atoms with Gasteiger partial charge in [-0.05, 0) is 24.6 Å². The summed E-state index contributed by atoms with van der Waals surface area (Å²) in [5.74, 6) is 0.717. The molecule has 0 unspecified atom stereocenters. The van der Waals surface area contributed by atoms with Crippen LogP contribution < -0.4 is 14.4 Å². The lowest BCUT2D eigenvalue weighted by Gasteiger charge is -2.37. The molecule has 2 fully saturated rings. The number of amides is 2. The number of anilines is 1. The average molecular weight is 424 g/mol. The zero-order valence-corrected chi connectivity index (χ0v) is 18.3. The van der Waals surface area contributed by atoms with Crippen LogP contribution in [0.2, 0.25) is 0 Å². The number of aryl methyl sites for hydroxylation is 1. The molecule has 2 amide bonds. The molecule has 0 spiro atoms. The lowest BCUT2D eigenvalue weighted by molar-refractivity contribution is -0.123. The van der Waals surface area contributed by atoms with E-state index in [-0.39, 0.29) is 18.2 Å². The van der Waals surface area contributed by atoms with Crippen LogP contribution in [0.5, 0.6) is 11.5 Å². The maximum absolute atomic E-state index is 13.2. The largest absolute Gasteiger partial charge is 0.493 e. The molecular weight excluding hydrogens is 394 g/mol. The summed E-state index contributed by atoms with van der Waals surface area (Å²) >= 11 is 0. The highest BCUT2D eigenvalue weighted by atomic mass is 16.5. The fourth-order valence-corrected chi connectivity index (χ4v) is 4.44. The van der Waals surface area contributed by atoms with E-state index in [0.29, 0.717) is 17.2 Å². The molecule has 2 saturated heterocycles. The van der Waals surface area contributed by atoms with Crippen molar-refractivity contribution in [3.05, 3.63) is 53.6 Å². The molecule has 2 aromatic rings. The lowest BCUT2D eigenvalue weighted by Crippen LogP contribution is -2.52. The number of piperazine rings is 1. The first-order valence-corrected chi connectivity index (χ1v) is 10.6. The van der Waals surface area contributed by atoms with Gasteiger partial charge in [0.1, 0.15) is 0 Å². The number of benzene rings is 2. The van der Waals surface area contributed by atoms with Gasteiger partial charge < -0.3 is 9.47 Å². The zero-order valence-electron chi connectivity index (χ0n) is 18.3. The van der Waals surface area contributed by atoms with E-state index in [2.05, 4.69) is 41.0 Å². The second-order valence-electron chi connectivity index (χ2n) is 8.13. The van der Waals surface area contributed by atoms with E-state index < -0.39 is 6.04 Å². The maximum atomic E-state index is 13.2. The second kappa shape index (κ2) is 9.08. The summed E-state index contributed by atoms with van der Waals surface area (Å²) < 4.78 is 10.6. The van der Waals surface area contributed by atoms with Crippen molar-refractivity contribution in [1.82, 2.24) is 9.80 Å². The van der Waals surface area contributed by atoms with Crippen LogP contribution >= 0.6 is 0 Å². The van der Waals surface area contributed by atoms with Gasteiger partial charge in [0.2, 0.25) is 5.91 Å². The van der Waals surface area contributed by atoms with Crippen molar-refractivity contribution in [2.24, 2.45) is 0 Å². The smallest absolute Gasteiger partial charge is 0.251 e.